The predicted octanol–water partition coefficient (Wildman–Crippen LogP) is 1.08. The lowest BCUT2D eigenvalue weighted by Gasteiger charge is -2.07. The monoisotopic (exact) mass is 289 g/mol. The van der Waals surface area contributed by atoms with Crippen LogP contribution in [0.3, 0.4) is 0 Å². The summed E-state index contributed by atoms with van der Waals surface area (Å²) in [7, 11) is 1.82. The van der Waals surface area contributed by atoms with Crippen LogP contribution in [0.15, 0.2) is 30.5 Å². The minimum atomic E-state index is -0.696. The Hall–Kier alpha value is -2.90. The van der Waals surface area contributed by atoms with E-state index in [0.29, 0.717) is 18.7 Å². The quantitative estimate of drug-likeness (QED) is 0.609. The maximum Gasteiger partial charge on any atom is 0.293 e. The molecule has 0 unspecified atom stereocenters. The Labute approximate surface area is 120 Å². The minimum Gasteiger partial charge on any atom is -0.379 e. The summed E-state index contributed by atoms with van der Waals surface area (Å²) in [6.07, 6.45) is 2.47. The van der Waals surface area contributed by atoms with Gasteiger partial charge in [0.05, 0.1) is 10.6 Å². The fourth-order valence-corrected chi connectivity index (χ4v) is 1.91. The molecule has 1 aromatic heterocycles. The van der Waals surface area contributed by atoms with Gasteiger partial charge in [0.25, 0.3) is 5.69 Å². The molecule has 3 N–H and O–H groups in total. The third-order valence-corrected chi connectivity index (χ3v) is 2.94. The number of hydrogen-bond donors (Lipinski definition) is 2. The molecule has 2 aromatic rings. The number of carbonyl (C=O) groups excluding carboxylic acids is 1. The number of amides is 1. The molecule has 2 rings (SSSR count). The molecule has 0 spiro atoms. The highest BCUT2D eigenvalue weighted by Crippen LogP contribution is 2.25. The zero-order valence-electron chi connectivity index (χ0n) is 11.4. The number of anilines is 1. The number of nitrogens with one attached hydrogen (secondary N) is 1. The molecule has 0 saturated heterocycles. The summed E-state index contributed by atoms with van der Waals surface area (Å²) in [5.74, 6) is -0.696. The van der Waals surface area contributed by atoms with E-state index >= 15 is 0 Å². The number of hydrogen-bond acceptors (Lipinski definition) is 5. The van der Waals surface area contributed by atoms with Crippen molar-refractivity contribution < 1.29 is 9.72 Å². The van der Waals surface area contributed by atoms with Crippen LogP contribution in [0.5, 0.6) is 0 Å². The molecule has 1 aromatic carbocycles. The first-order chi connectivity index (χ1) is 9.97. The Bertz CT molecular complexity index is 680. The van der Waals surface area contributed by atoms with Crippen molar-refractivity contribution in [1.29, 1.82) is 0 Å². The minimum absolute atomic E-state index is 0.108. The molecule has 110 valence electrons. The van der Waals surface area contributed by atoms with E-state index < -0.39 is 10.8 Å². The summed E-state index contributed by atoms with van der Waals surface area (Å²) in [6, 6.07) is 5.99. The smallest absolute Gasteiger partial charge is 0.293 e. The van der Waals surface area contributed by atoms with Crippen molar-refractivity contribution in [3.05, 3.63) is 51.8 Å². The number of aryl methyl sites for hydroxylation is 1. The Morgan fingerprint density at radius 2 is 2.24 bits per heavy atom. The van der Waals surface area contributed by atoms with Crippen molar-refractivity contribution in [2.24, 2.45) is 12.8 Å². The van der Waals surface area contributed by atoms with Crippen LogP contribution in [0.4, 0.5) is 11.4 Å². The number of carbonyl (C=O) groups is 1. The number of nitro benzene ring substituents is 1. The van der Waals surface area contributed by atoms with Gasteiger partial charge in [0.1, 0.15) is 5.69 Å². The molecule has 0 saturated carbocycles. The lowest BCUT2D eigenvalue weighted by Crippen LogP contribution is -2.12. The van der Waals surface area contributed by atoms with Crippen molar-refractivity contribution in [3.63, 3.8) is 0 Å². The SMILES string of the molecule is Cn1ccc(CCNc2ccc(C(N)=O)cc2[N+](=O)[O-])n1. The van der Waals surface area contributed by atoms with E-state index in [9.17, 15) is 14.9 Å². The van der Waals surface area contributed by atoms with E-state index in [1.54, 1.807) is 4.68 Å². The van der Waals surface area contributed by atoms with Crippen LogP contribution in [0.1, 0.15) is 16.1 Å². The molecule has 1 amide bonds. The number of primary amides is 1. The molecule has 0 bridgehead atoms. The second-order valence-electron chi connectivity index (χ2n) is 4.51. The van der Waals surface area contributed by atoms with E-state index in [1.807, 2.05) is 19.3 Å². The summed E-state index contributed by atoms with van der Waals surface area (Å²) in [5, 5.41) is 18.2. The van der Waals surface area contributed by atoms with Crippen LogP contribution in [-0.2, 0) is 13.5 Å². The van der Waals surface area contributed by atoms with Gasteiger partial charge in [0.15, 0.2) is 0 Å². The van der Waals surface area contributed by atoms with Gasteiger partial charge < -0.3 is 11.1 Å². The Balaban J connectivity index is 2.08. The van der Waals surface area contributed by atoms with Crippen LogP contribution in [0, 0.1) is 10.1 Å². The molecule has 0 atom stereocenters. The first-order valence-corrected chi connectivity index (χ1v) is 6.28. The first kappa shape index (κ1) is 14.5. The maximum atomic E-state index is 11.1. The van der Waals surface area contributed by atoms with E-state index in [0.717, 1.165) is 5.69 Å². The van der Waals surface area contributed by atoms with Crippen LogP contribution in [0.25, 0.3) is 0 Å². The molecule has 0 aliphatic heterocycles. The van der Waals surface area contributed by atoms with E-state index in [-0.39, 0.29) is 11.3 Å². The second-order valence-corrected chi connectivity index (χ2v) is 4.51. The van der Waals surface area contributed by atoms with Gasteiger partial charge in [-0.2, -0.15) is 5.10 Å². The summed E-state index contributed by atoms with van der Waals surface area (Å²) < 4.78 is 1.69. The molecule has 0 aliphatic carbocycles. The summed E-state index contributed by atoms with van der Waals surface area (Å²) in [4.78, 5) is 21.5. The molecule has 8 heteroatoms. The fraction of sp³-hybridized carbons (Fsp3) is 0.231. The number of aromatic nitrogens is 2. The number of nitrogens with zero attached hydrogens (tertiary/aromatic N) is 3. The zero-order chi connectivity index (χ0) is 15.4. The van der Waals surface area contributed by atoms with E-state index in [2.05, 4.69) is 10.4 Å². The maximum absolute atomic E-state index is 11.1. The third kappa shape index (κ3) is 3.56. The van der Waals surface area contributed by atoms with Crippen molar-refractivity contribution in [3.8, 4) is 0 Å². The molecule has 8 nitrogen and oxygen atoms in total. The average molecular weight is 289 g/mol. The van der Waals surface area contributed by atoms with Gasteiger partial charge in [0, 0.05) is 37.8 Å². The highest BCUT2D eigenvalue weighted by molar-refractivity contribution is 5.94. The zero-order valence-corrected chi connectivity index (χ0v) is 11.4. The third-order valence-electron chi connectivity index (χ3n) is 2.94. The van der Waals surface area contributed by atoms with Gasteiger partial charge in [-0.3, -0.25) is 19.6 Å². The average Bonchev–Trinajstić information content (AvgIpc) is 2.84. The Morgan fingerprint density at radius 1 is 1.48 bits per heavy atom. The topological polar surface area (TPSA) is 116 Å². The van der Waals surface area contributed by atoms with E-state index in [4.69, 9.17) is 5.73 Å². The lowest BCUT2D eigenvalue weighted by atomic mass is 10.1. The van der Waals surface area contributed by atoms with Gasteiger partial charge in [0.2, 0.25) is 5.91 Å². The highest BCUT2D eigenvalue weighted by Gasteiger charge is 2.16. The number of benzene rings is 1. The Morgan fingerprint density at radius 3 is 2.81 bits per heavy atom. The van der Waals surface area contributed by atoms with Crippen molar-refractivity contribution >= 4 is 17.3 Å². The molecular formula is C13H15N5O3. The number of rotatable bonds is 6. The van der Waals surface area contributed by atoms with Crippen molar-refractivity contribution in [2.45, 2.75) is 6.42 Å². The molecule has 0 aliphatic rings. The van der Waals surface area contributed by atoms with Crippen LogP contribution < -0.4 is 11.1 Å². The molecule has 0 radical (unpaired) electrons. The van der Waals surface area contributed by atoms with Gasteiger partial charge in [-0.15, -0.1) is 0 Å². The predicted molar refractivity (Wildman–Crippen MR) is 77.0 cm³/mol. The second kappa shape index (κ2) is 6.04. The van der Waals surface area contributed by atoms with Crippen LogP contribution in [0.2, 0.25) is 0 Å². The highest BCUT2D eigenvalue weighted by atomic mass is 16.6. The van der Waals surface area contributed by atoms with Crippen LogP contribution >= 0.6 is 0 Å². The number of nitrogens with two attached hydrogens (primary N) is 1. The Kier molecular flexibility index (Phi) is 4.17. The molecular weight excluding hydrogens is 274 g/mol. The molecule has 0 fully saturated rings. The van der Waals surface area contributed by atoms with Gasteiger partial charge in [-0.1, -0.05) is 0 Å². The van der Waals surface area contributed by atoms with Gasteiger partial charge in [-0.25, -0.2) is 0 Å². The van der Waals surface area contributed by atoms with Crippen LogP contribution in [-0.4, -0.2) is 27.2 Å². The lowest BCUT2D eigenvalue weighted by molar-refractivity contribution is -0.384. The van der Waals surface area contributed by atoms with Crippen molar-refractivity contribution in [1.82, 2.24) is 9.78 Å². The standard InChI is InChI=1S/C13H15N5O3/c1-17-7-5-10(16-17)4-6-15-11-3-2-9(13(14)19)8-12(11)18(20)21/h2-3,5,7-8,15H,4,6H2,1H3,(H2,14,19). The fourth-order valence-electron chi connectivity index (χ4n) is 1.91. The normalized spacial score (nSPS) is 10.3. The van der Waals surface area contributed by atoms with Gasteiger partial charge in [-0.05, 0) is 18.2 Å². The van der Waals surface area contributed by atoms with E-state index in [1.165, 1.54) is 18.2 Å². The number of nitro groups is 1. The first-order valence-electron chi connectivity index (χ1n) is 6.28. The molecule has 1 heterocycles. The summed E-state index contributed by atoms with van der Waals surface area (Å²) in [5.41, 5.74) is 6.29. The largest absolute Gasteiger partial charge is 0.379 e. The summed E-state index contributed by atoms with van der Waals surface area (Å²) >= 11 is 0. The molecule has 21 heavy (non-hydrogen) atoms. The van der Waals surface area contributed by atoms with Crippen molar-refractivity contribution in [2.75, 3.05) is 11.9 Å². The van der Waals surface area contributed by atoms with Gasteiger partial charge >= 0.3 is 0 Å². The summed E-state index contributed by atoms with van der Waals surface area (Å²) in [6.45, 7) is 0.494.